The molecule has 1 aliphatic rings. The molecule has 1 amide bonds. The summed E-state index contributed by atoms with van der Waals surface area (Å²) in [5, 5.41) is 0. The molecule has 0 unspecified atom stereocenters. The van der Waals surface area contributed by atoms with E-state index in [2.05, 4.69) is 20.9 Å². The van der Waals surface area contributed by atoms with Gasteiger partial charge in [0, 0.05) is 10.2 Å². The fourth-order valence-electron chi connectivity index (χ4n) is 2.28. The zero-order valence-electron chi connectivity index (χ0n) is 10.8. The van der Waals surface area contributed by atoms with E-state index in [1.165, 1.54) is 4.90 Å². The number of ketones is 1. The van der Waals surface area contributed by atoms with Gasteiger partial charge in [-0.25, -0.2) is 0 Å². The number of aryl methyl sites for hydroxylation is 1. The largest absolute Gasteiger partial charge is 0.299 e. The Morgan fingerprint density at radius 2 is 2.00 bits per heavy atom. The maximum absolute atomic E-state index is 12.1. The van der Waals surface area contributed by atoms with Gasteiger partial charge < -0.3 is 0 Å². The van der Waals surface area contributed by atoms with Crippen LogP contribution in [0.4, 0.5) is 5.69 Å². The fourth-order valence-corrected chi connectivity index (χ4v) is 2.64. The minimum Gasteiger partial charge on any atom is -0.299 e. The number of halogens is 1. The van der Waals surface area contributed by atoms with Crippen molar-refractivity contribution in [2.45, 2.75) is 13.5 Å². The Morgan fingerprint density at radius 3 is 2.75 bits per heavy atom. The molecule has 3 rings (SSSR count). The highest BCUT2D eigenvalue weighted by molar-refractivity contribution is 9.10. The van der Waals surface area contributed by atoms with Gasteiger partial charge in [-0.05, 0) is 37.3 Å². The minimum atomic E-state index is -0.499. The third kappa shape index (κ3) is 2.14. The first kappa shape index (κ1) is 13.0. The molecule has 2 heterocycles. The average Bonchev–Trinajstić information content (AvgIpc) is 2.64. The van der Waals surface area contributed by atoms with Crippen molar-refractivity contribution in [2.75, 3.05) is 4.90 Å². The third-order valence-electron chi connectivity index (χ3n) is 3.20. The highest BCUT2D eigenvalue weighted by atomic mass is 79.9. The zero-order valence-corrected chi connectivity index (χ0v) is 12.3. The number of hydrogen-bond donors (Lipinski definition) is 0. The second-order valence-corrected chi connectivity index (χ2v) is 5.57. The van der Waals surface area contributed by atoms with Crippen LogP contribution in [0.3, 0.4) is 0 Å². The molecule has 0 spiro atoms. The van der Waals surface area contributed by atoms with E-state index in [1.54, 1.807) is 12.1 Å². The molecule has 1 aromatic heterocycles. The number of carbonyl (C=O) groups excluding carboxylic acids is 2. The number of nitrogens with zero attached hydrogens (tertiary/aromatic N) is 2. The number of anilines is 1. The molecule has 100 valence electrons. The summed E-state index contributed by atoms with van der Waals surface area (Å²) in [5.74, 6) is -0.963. The van der Waals surface area contributed by atoms with E-state index in [0.29, 0.717) is 17.8 Å². The van der Waals surface area contributed by atoms with Crippen LogP contribution in [0.1, 0.15) is 21.7 Å². The summed E-state index contributed by atoms with van der Waals surface area (Å²) in [6, 6.07) is 10.9. The summed E-state index contributed by atoms with van der Waals surface area (Å²) < 4.78 is 0.785. The van der Waals surface area contributed by atoms with Gasteiger partial charge >= 0.3 is 0 Å². The Kier molecular flexibility index (Phi) is 3.14. The molecule has 1 aromatic carbocycles. The lowest BCUT2D eigenvalue weighted by molar-refractivity contribution is -0.114. The summed E-state index contributed by atoms with van der Waals surface area (Å²) in [4.78, 5) is 29.9. The first-order valence-electron chi connectivity index (χ1n) is 6.14. The van der Waals surface area contributed by atoms with Crippen molar-refractivity contribution >= 4 is 33.3 Å². The molecule has 0 fully saturated rings. The van der Waals surface area contributed by atoms with Crippen LogP contribution in [-0.4, -0.2) is 16.7 Å². The summed E-state index contributed by atoms with van der Waals surface area (Å²) in [5.41, 5.74) is 2.74. The molecule has 20 heavy (non-hydrogen) atoms. The van der Waals surface area contributed by atoms with Crippen LogP contribution in [0.15, 0.2) is 40.9 Å². The molecule has 0 aliphatic carbocycles. The number of Topliss-reactive ketones (excluding diaryl/α,β-unsaturated/α-hetero) is 1. The van der Waals surface area contributed by atoms with Crippen LogP contribution in [0.5, 0.6) is 0 Å². The summed E-state index contributed by atoms with van der Waals surface area (Å²) in [6.45, 7) is 2.20. The van der Waals surface area contributed by atoms with Crippen LogP contribution in [-0.2, 0) is 11.3 Å². The van der Waals surface area contributed by atoms with Crippen LogP contribution in [0, 0.1) is 6.92 Å². The van der Waals surface area contributed by atoms with Gasteiger partial charge in [0.2, 0.25) is 0 Å². The zero-order chi connectivity index (χ0) is 14.3. The SMILES string of the molecule is Cc1cccc(CN2C(=O)C(=O)c3cc(Br)ccc32)n1. The topological polar surface area (TPSA) is 50.3 Å². The predicted molar refractivity (Wildman–Crippen MR) is 78.6 cm³/mol. The number of aromatic nitrogens is 1. The number of fused-ring (bicyclic) bond motifs is 1. The van der Waals surface area contributed by atoms with Gasteiger partial charge in [0.25, 0.3) is 11.7 Å². The number of hydrogen-bond acceptors (Lipinski definition) is 3. The standard InChI is InChI=1S/C15H11BrN2O2/c1-9-3-2-4-11(17-9)8-18-13-6-5-10(16)7-12(13)14(19)15(18)20/h2-7H,8H2,1H3. The fraction of sp³-hybridized carbons (Fsp3) is 0.133. The third-order valence-corrected chi connectivity index (χ3v) is 3.69. The Hall–Kier alpha value is -2.01. The molecule has 1 aliphatic heterocycles. The van der Waals surface area contributed by atoms with E-state index in [1.807, 2.05) is 31.2 Å². The van der Waals surface area contributed by atoms with Crippen LogP contribution in [0.25, 0.3) is 0 Å². The van der Waals surface area contributed by atoms with Crippen LogP contribution >= 0.6 is 15.9 Å². The van der Waals surface area contributed by atoms with Gasteiger partial charge in [0.1, 0.15) is 0 Å². The van der Waals surface area contributed by atoms with Crippen LogP contribution in [0.2, 0.25) is 0 Å². The first-order chi connectivity index (χ1) is 9.56. The maximum Gasteiger partial charge on any atom is 0.299 e. The van der Waals surface area contributed by atoms with Crippen molar-refractivity contribution in [1.82, 2.24) is 4.98 Å². The Morgan fingerprint density at radius 1 is 1.20 bits per heavy atom. The number of pyridine rings is 1. The molecule has 0 saturated heterocycles. The maximum atomic E-state index is 12.1. The second-order valence-electron chi connectivity index (χ2n) is 4.65. The highest BCUT2D eigenvalue weighted by Gasteiger charge is 2.35. The first-order valence-corrected chi connectivity index (χ1v) is 6.94. The smallest absolute Gasteiger partial charge is 0.299 e. The van der Waals surface area contributed by atoms with Crippen molar-refractivity contribution in [3.8, 4) is 0 Å². The van der Waals surface area contributed by atoms with Crippen molar-refractivity contribution in [2.24, 2.45) is 0 Å². The van der Waals surface area contributed by atoms with Crippen LogP contribution < -0.4 is 4.90 Å². The Bertz CT molecular complexity index is 728. The molecule has 0 saturated carbocycles. The predicted octanol–water partition coefficient (Wildman–Crippen LogP) is 2.88. The molecule has 0 bridgehead atoms. The quantitative estimate of drug-likeness (QED) is 0.795. The van der Waals surface area contributed by atoms with E-state index in [4.69, 9.17) is 0 Å². The minimum absolute atomic E-state index is 0.306. The number of amides is 1. The van der Waals surface area contributed by atoms with Gasteiger partial charge in [-0.2, -0.15) is 0 Å². The van der Waals surface area contributed by atoms with Crippen molar-refractivity contribution in [3.63, 3.8) is 0 Å². The molecule has 0 atom stereocenters. The van der Waals surface area contributed by atoms with Crippen molar-refractivity contribution in [3.05, 3.63) is 57.8 Å². The van der Waals surface area contributed by atoms with E-state index >= 15 is 0 Å². The average molecular weight is 331 g/mol. The second kappa shape index (κ2) is 4.83. The molecule has 0 radical (unpaired) electrons. The van der Waals surface area contributed by atoms with Gasteiger partial charge in [0.05, 0.1) is 23.5 Å². The molecule has 0 N–H and O–H groups in total. The number of rotatable bonds is 2. The Labute approximate surface area is 124 Å². The van der Waals surface area contributed by atoms with Gasteiger partial charge in [-0.15, -0.1) is 0 Å². The van der Waals surface area contributed by atoms with Crippen molar-refractivity contribution in [1.29, 1.82) is 0 Å². The monoisotopic (exact) mass is 330 g/mol. The lowest BCUT2D eigenvalue weighted by Crippen LogP contribution is -2.29. The van der Waals surface area contributed by atoms with E-state index in [9.17, 15) is 9.59 Å². The van der Waals surface area contributed by atoms with E-state index in [0.717, 1.165) is 15.9 Å². The molecule has 5 heteroatoms. The molecule has 4 nitrogen and oxygen atoms in total. The summed E-state index contributed by atoms with van der Waals surface area (Å²) >= 11 is 3.31. The van der Waals surface area contributed by atoms with Gasteiger partial charge in [0.15, 0.2) is 0 Å². The van der Waals surface area contributed by atoms with E-state index < -0.39 is 11.7 Å². The lowest BCUT2D eigenvalue weighted by atomic mass is 10.1. The highest BCUT2D eigenvalue weighted by Crippen LogP contribution is 2.32. The van der Waals surface area contributed by atoms with Gasteiger partial charge in [-0.1, -0.05) is 22.0 Å². The Balaban J connectivity index is 1.99. The molecular formula is C15H11BrN2O2. The molecular weight excluding hydrogens is 320 g/mol. The number of benzene rings is 1. The molecule has 2 aromatic rings. The van der Waals surface area contributed by atoms with E-state index in [-0.39, 0.29) is 0 Å². The summed E-state index contributed by atoms with van der Waals surface area (Å²) in [6.07, 6.45) is 0. The normalized spacial score (nSPS) is 13.8. The number of carbonyl (C=O) groups is 2. The van der Waals surface area contributed by atoms with Crippen molar-refractivity contribution < 1.29 is 9.59 Å². The summed E-state index contributed by atoms with van der Waals surface area (Å²) in [7, 11) is 0. The lowest BCUT2D eigenvalue weighted by Gasteiger charge is -2.16. The van der Waals surface area contributed by atoms with Gasteiger partial charge in [-0.3, -0.25) is 19.5 Å².